The Hall–Kier alpha value is -4.09. The lowest BCUT2D eigenvalue weighted by Gasteiger charge is -2.15. The van der Waals surface area contributed by atoms with Crippen molar-refractivity contribution in [2.24, 2.45) is 0 Å². The molecule has 182 valence electrons. The molecular weight excluding hydrogens is 522 g/mol. The van der Waals surface area contributed by atoms with Crippen LogP contribution in [0.3, 0.4) is 0 Å². The van der Waals surface area contributed by atoms with Gasteiger partial charge in [-0.1, -0.05) is 64.0 Å². The minimum Gasteiger partial charge on any atom is -0.490 e. The first-order valence-electron chi connectivity index (χ1n) is 11.4. The molecule has 1 heterocycles. The molecule has 4 rings (SSSR count). The Morgan fingerprint density at radius 1 is 1.06 bits per heavy atom. The van der Waals surface area contributed by atoms with E-state index in [0.717, 1.165) is 16.7 Å². The van der Waals surface area contributed by atoms with Crippen molar-refractivity contribution in [2.75, 3.05) is 6.61 Å². The summed E-state index contributed by atoms with van der Waals surface area (Å²) in [7, 11) is 0. The summed E-state index contributed by atoms with van der Waals surface area (Å²) in [5.74, 6) is 0.566. The molecule has 3 aromatic carbocycles. The average molecular weight is 546 g/mol. The summed E-state index contributed by atoms with van der Waals surface area (Å²) < 4.78 is 12.4. The van der Waals surface area contributed by atoms with Gasteiger partial charge in [-0.25, -0.2) is 4.79 Å². The van der Waals surface area contributed by atoms with E-state index in [1.165, 1.54) is 4.90 Å². The second kappa shape index (κ2) is 11.1. The van der Waals surface area contributed by atoms with Crippen molar-refractivity contribution in [3.63, 3.8) is 0 Å². The first-order valence-corrected chi connectivity index (χ1v) is 12.2. The molecular formula is C28H24BrN3O4. The summed E-state index contributed by atoms with van der Waals surface area (Å²) in [6.07, 6.45) is 1.61. The number of hydrogen-bond donors (Lipinski definition) is 1. The van der Waals surface area contributed by atoms with Crippen LogP contribution in [0.1, 0.15) is 34.7 Å². The maximum Gasteiger partial charge on any atom is 0.329 e. The van der Waals surface area contributed by atoms with Gasteiger partial charge in [-0.05, 0) is 49.2 Å². The van der Waals surface area contributed by atoms with Crippen LogP contribution in [0.5, 0.6) is 11.5 Å². The number of amides is 3. The molecule has 3 aromatic rings. The molecule has 36 heavy (non-hydrogen) atoms. The van der Waals surface area contributed by atoms with Crippen LogP contribution in [-0.2, 0) is 17.9 Å². The zero-order valence-electron chi connectivity index (χ0n) is 19.9. The number of halogens is 1. The van der Waals surface area contributed by atoms with Crippen LogP contribution in [0, 0.1) is 18.3 Å². The molecule has 1 saturated heterocycles. The van der Waals surface area contributed by atoms with Crippen LogP contribution in [0.2, 0.25) is 0 Å². The van der Waals surface area contributed by atoms with Crippen molar-refractivity contribution < 1.29 is 19.1 Å². The summed E-state index contributed by atoms with van der Waals surface area (Å²) in [6.45, 7) is 4.61. The van der Waals surface area contributed by atoms with E-state index in [1.54, 1.807) is 30.3 Å². The number of benzene rings is 3. The number of hydrogen-bond acceptors (Lipinski definition) is 5. The van der Waals surface area contributed by atoms with E-state index in [-0.39, 0.29) is 18.8 Å². The van der Waals surface area contributed by atoms with Gasteiger partial charge in [-0.2, -0.15) is 5.26 Å². The van der Waals surface area contributed by atoms with Crippen LogP contribution < -0.4 is 14.8 Å². The summed E-state index contributed by atoms with van der Waals surface area (Å²) in [4.78, 5) is 26.7. The number of carbonyl (C=O) groups is 2. The Labute approximate surface area is 218 Å². The molecule has 0 spiro atoms. The minimum absolute atomic E-state index is 0.174. The lowest BCUT2D eigenvalue weighted by atomic mass is 10.1. The van der Waals surface area contributed by atoms with E-state index in [0.29, 0.717) is 33.7 Å². The molecule has 8 heteroatoms. The first kappa shape index (κ1) is 25.0. The normalized spacial score (nSPS) is 14.1. The van der Waals surface area contributed by atoms with Gasteiger partial charge in [0.15, 0.2) is 11.5 Å². The second-order valence-corrected chi connectivity index (χ2v) is 9.03. The molecule has 1 N–H and O–H groups in total. The number of rotatable bonds is 8. The van der Waals surface area contributed by atoms with Crippen LogP contribution in [0.15, 0.2) is 70.8 Å². The smallest absolute Gasteiger partial charge is 0.329 e. The van der Waals surface area contributed by atoms with E-state index < -0.39 is 11.9 Å². The topological polar surface area (TPSA) is 91.7 Å². The van der Waals surface area contributed by atoms with Crippen molar-refractivity contribution in [3.8, 4) is 17.6 Å². The Morgan fingerprint density at radius 2 is 1.83 bits per heavy atom. The van der Waals surface area contributed by atoms with Crippen LogP contribution in [0.25, 0.3) is 6.08 Å². The number of ether oxygens (including phenoxy) is 2. The zero-order chi connectivity index (χ0) is 25.7. The minimum atomic E-state index is -0.468. The van der Waals surface area contributed by atoms with Gasteiger partial charge in [-0.3, -0.25) is 9.69 Å². The molecule has 0 saturated carbocycles. The summed E-state index contributed by atoms with van der Waals surface area (Å²) in [5, 5.41) is 12.0. The monoisotopic (exact) mass is 545 g/mol. The molecule has 0 aliphatic carbocycles. The Balaban J connectivity index is 1.57. The summed E-state index contributed by atoms with van der Waals surface area (Å²) in [5.41, 5.74) is 4.05. The van der Waals surface area contributed by atoms with Crippen molar-refractivity contribution >= 4 is 33.9 Å². The molecule has 0 aromatic heterocycles. The lowest BCUT2D eigenvalue weighted by Crippen LogP contribution is -2.30. The fraction of sp³-hybridized carbons (Fsp3) is 0.179. The molecule has 7 nitrogen and oxygen atoms in total. The molecule has 0 bridgehead atoms. The number of aryl methyl sites for hydroxylation is 1. The molecule has 0 unspecified atom stereocenters. The van der Waals surface area contributed by atoms with Crippen LogP contribution in [-0.4, -0.2) is 23.4 Å². The number of nitrogens with zero attached hydrogens (tertiary/aromatic N) is 2. The van der Waals surface area contributed by atoms with Crippen molar-refractivity contribution in [2.45, 2.75) is 27.0 Å². The summed E-state index contributed by atoms with van der Waals surface area (Å²) >= 11 is 3.54. The SMILES string of the molecule is CCOc1cc(/C=C2/NC(=O)N(Cc3cccc(C)c3)C2=O)c(Br)cc1OCc1ccccc1C#N. The van der Waals surface area contributed by atoms with E-state index in [4.69, 9.17) is 9.47 Å². The highest BCUT2D eigenvalue weighted by atomic mass is 79.9. The van der Waals surface area contributed by atoms with Gasteiger partial charge in [0.25, 0.3) is 5.91 Å². The first-order chi connectivity index (χ1) is 17.4. The van der Waals surface area contributed by atoms with Gasteiger partial charge in [0.05, 0.1) is 24.8 Å². The second-order valence-electron chi connectivity index (χ2n) is 8.18. The predicted molar refractivity (Wildman–Crippen MR) is 139 cm³/mol. The average Bonchev–Trinajstić information content (AvgIpc) is 3.12. The Bertz CT molecular complexity index is 1390. The quantitative estimate of drug-likeness (QED) is 0.289. The third-order valence-electron chi connectivity index (χ3n) is 5.57. The summed E-state index contributed by atoms with van der Waals surface area (Å²) in [6, 6.07) is 20.1. The molecule has 1 aliphatic rings. The molecule has 1 fully saturated rings. The van der Waals surface area contributed by atoms with Crippen molar-refractivity contribution in [1.29, 1.82) is 5.26 Å². The highest BCUT2D eigenvalue weighted by Gasteiger charge is 2.33. The lowest BCUT2D eigenvalue weighted by molar-refractivity contribution is -0.123. The third kappa shape index (κ3) is 5.58. The van der Waals surface area contributed by atoms with E-state index in [9.17, 15) is 14.9 Å². The number of carbonyl (C=O) groups excluding carboxylic acids is 2. The van der Waals surface area contributed by atoms with Crippen molar-refractivity contribution in [1.82, 2.24) is 10.2 Å². The van der Waals surface area contributed by atoms with Crippen LogP contribution >= 0.6 is 15.9 Å². The fourth-order valence-electron chi connectivity index (χ4n) is 3.82. The van der Waals surface area contributed by atoms with Gasteiger partial charge < -0.3 is 14.8 Å². The third-order valence-corrected chi connectivity index (χ3v) is 6.26. The van der Waals surface area contributed by atoms with E-state index in [1.807, 2.05) is 50.2 Å². The molecule has 3 amide bonds. The van der Waals surface area contributed by atoms with Gasteiger partial charge >= 0.3 is 6.03 Å². The largest absolute Gasteiger partial charge is 0.490 e. The van der Waals surface area contributed by atoms with Crippen molar-refractivity contribution in [3.05, 3.63) is 98.7 Å². The highest BCUT2D eigenvalue weighted by molar-refractivity contribution is 9.10. The fourth-order valence-corrected chi connectivity index (χ4v) is 4.25. The Morgan fingerprint density at radius 3 is 2.58 bits per heavy atom. The standard InChI is InChI=1S/C28H24BrN3O4/c1-3-35-25-13-22(23(29)14-26(25)36-17-21-10-5-4-9-20(21)15-30)12-24-27(33)32(28(34)31-24)16-19-8-6-7-18(2)11-19/h4-14H,3,16-17H2,1-2H3,(H,31,34)/b24-12+. The maximum atomic E-state index is 13.0. The van der Waals surface area contributed by atoms with Crippen LogP contribution in [0.4, 0.5) is 4.79 Å². The Kier molecular flexibility index (Phi) is 7.71. The van der Waals surface area contributed by atoms with E-state index >= 15 is 0 Å². The molecule has 1 aliphatic heterocycles. The van der Waals surface area contributed by atoms with E-state index in [2.05, 4.69) is 27.3 Å². The van der Waals surface area contributed by atoms with Gasteiger partial charge in [-0.15, -0.1) is 0 Å². The zero-order valence-corrected chi connectivity index (χ0v) is 21.5. The number of nitriles is 1. The number of imide groups is 1. The van der Waals surface area contributed by atoms with Gasteiger partial charge in [0.1, 0.15) is 12.3 Å². The molecule has 0 atom stereocenters. The predicted octanol–water partition coefficient (Wildman–Crippen LogP) is 5.70. The number of urea groups is 1. The highest BCUT2D eigenvalue weighted by Crippen LogP contribution is 2.36. The molecule has 0 radical (unpaired) electrons. The number of nitrogens with one attached hydrogen (secondary N) is 1. The van der Waals surface area contributed by atoms with Gasteiger partial charge in [0.2, 0.25) is 0 Å². The maximum absolute atomic E-state index is 13.0. The van der Waals surface area contributed by atoms with Gasteiger partial charge in [0, 0.05) is 10.0 Å².